The fraction of sp³-hybridized carbons (Fsp3) is 0.500. The molecule has 1 aliphatic carbocycles. The highest BCUT2D eigenvalue weighted by atomic mass is 15.2. The van der Waals surface area contributed by atoms with Gasteiger partial charge in [-0.2, -0.15) is 0 Å². The van der Waals surface area contributed by atoms with Crippen LogP contribution < -0.4 is 5.32 Å². The van der Waals surface area contributed by atoms with Crippen molar-refractivity contribution in [1.82, 2.24) is 14.9 Å². The molecule has 24 heavy (non-hydrogen) atoms. The zero-order chi connectivity index (χ0) is 16.4. The van der Waals surface area contributed by atoms with E-state index in [1.54, 1.807) is 0 Å². The van der Waals surface area contributed by atoms with Gasteiger partial charge in [-0.15, -0.1) is 0 Å². The molecule has 1 N–H and O–H groups in total. The van der Waals surface area contributed by atoms with Crippen LogP contribution in [0.5, 0.6) is 0 Å². The number of anilines is 1. The molecule has 0 bridgehead atoms. The monoisotopic (exact) mass is 322 g/mol. The Morgan fingerprint density at radius 3 is 2.96 bits per heavy atom. The Morgan fingerprint density at radius 1 is 1.21 bits per heavy atom. The van der Waals surface area contributed by atoms with Crippen LogP contribution in [0.2, 0.25) is 0 Å². The van der Waals surface area contributed by atoms with E-state index in [1.807, 2.05) is 12.3 Å². The van der Waals surface area contributed by atoms with E-state index in [4.69, 9.17) is 4.98 Å². The second kappa shape index (κ2) is 6.89. The summed E-state index contributed by atoms with van der Waals surface area (Å²) in [5.41, 5.74) is 2.75. The first-order valence-corrected chi connectivity index (χ1v) is 9.13. The number of rotatable bonds is 5. The summed E-state index contributed by atoms with van der Waals surface area (Å²) in [5.74, 6) is 2.62. The highest BCUT2D eigenvalue weighted by Gasteiger charge is 2.27. The van der Waals surface area contributed by atoms with Gasteiger partial charge in [0.25, 0.3) is 0 Å². The number of likely N-dealkylation sites (tertiary alicyclic amines) is 1. The first-order chi connectivity index (χ1) is 11.8. The molecule has 0 radical (unpaired) electrons. The second-order valence-corrected chi connectivity index (χ2v) is 7.28. The molecule has 1 aliphatic heterocycles. The maximum absolute atomic E-state index is 4.71. The lowest BCUT2D eigenvalue weighted by molar-refractivity contribution is 0.208. The predicted molar refractivity (Wildman–Crippen MR) is 97.1 cm³/mol. The zero-order valence-electron chi connectivity index (χ0n) is 14.4. The maximum Gasteiger partial charge on any atom is 0.133 e. The van der Waals surface area contributed by atoms with Gasteiger partial charge in [-0.3, -0.25) is 4.90 Å². The van der Waals surface area contributed by atoms with Gasteiger partial charge in [0.15, 0.2) is 0 Å². The van der Waals surface area contributed by atoms with Gasteiger partial charge >= 0.3 is 0 Å². The van der Waals surface area contributed by atoms with E-state index in [0.717, 1.165) is 24.7 Å². The molecule has 1 aromatic carbocycles. The second-order valence-electron chi connectivity index (χ2n) is 7.28. The minimum Gasteiger partial charge on any atom is -0.366 e. The summed E-state index contributed by atoms with van der Waals surface area (Å²) in [6.07, 6.45) is 6.85. The van der Waals surface area contributed by atoms with E-state index < -0.39 is 0 Å². The third kappa shape index (κ3) is 3.93. The van der Waals surface area contributed by atoms with Crippen molar-refractivity contribution in [2.24, 2.45) is 0 Å². The lowest BCUT2D eigenvalue weighted by atomic mass is 10.0. The fourth-order valence-electron chi connectivity index (χ4n) is 3.59. The van der Waals surface area contributed by atoms with Gasteiger partial charge in [0, 0.05) is 31.2 Å². The Labute approximate surface area is 144 Å². The van der Waals surface area contributed by atoms with Crippen LogP contribution >= 0.6 is 0 Å². The first kappa shape index (κ1) is 15.6. The topological polar surface area (TPSA) is 41.0 Å². The summed E-state index contributed by atoms with van der Waals surface area (Å²) < 4.78 is 0. The van der Waals surface area contributed by atoms with Crippen molar-refractivity contribution in [3.63, 3.8) is 0 Å². The number of benzene rings is 1. The van der Waals surface area contributed by atoms with E-state index in [0.29, 0.717) is 12.0 Å². The van der Waals surface area contributed by atoms with Crippen molar-refractivity contribution in [3.05, 3.63) is 53.5 Å². The first-order valence-electron chi connectivity index (χ1n) is 9.13. The van der Waals surface area contributed by atoms with Gasteiger partial charge in [-0.25, -0.2) is 9.97 Å². The van der Waals surface area contributed by atoms with Gasteiger partial charge in [-0.05, 0) is 50.8 Å². The Hall–Kier alpha value is -1.94. The van der Waals surface area contributed by atoms with Crippen LogP contribution in [-0.2, 0) is 6.54 Å². The van der Waals surface area contributed by atoms with Crippen molar-refractivity contribution >= 4 is 5.82 Å². The van der Waals surface area contributed by atoms with E-state index in [2.05, 4.69) is 46.4 Å². The molecule has 2 heterocycles. The van der Waals surface area contributed by atoms with Crippen LogP contribution in [-0.4, -0.2) is 34.0 Å². The summed E-state index contributed by atoms with van der Waals surface area (Å²) in [7, 11) is 0. The van der Waals surface area contributed by atoms with E-state index in [-0.39, 0.29) is 0 Å². The largest absolute Gasteiger partial charge is 0.366 e. The minimum atomic E-state index is 0.477. The fourth-order valence-corrected chi connectivity index (χ4v) is 3.59. The molecule has 1 aromatic heterocycles. The van der Waals surface area contributed by atoms with Crippen LogP contribution in [0.1, 0.15) is 48.6 Å². The van der Waals surface area contributed by atoms with Gasteiger partial charge in [0.05, 0.1) is 0 Å². The SMILES string of the molecule is Cc1cccc(CN2CCCC(Nc3ccnc(C4CC4)n3)C2)c1. The molecular formula is C20H26N4. The third-order valence-electron chi connectivity index (χ3n) is 4.96. The van der Waals surface area contributed by atoms with Gasteiger partial charge < -0.3 is 5.32 Å². The van der Waals surface area contributed by atoms with Crippen LogP contribution in [0.15, 0.2) is 36.5 Å². The zero-order valence-corrected chi connectivity index (χ0v) is 14.4. The molecule has 1 saturated carbocycles. The lowest BCUT2D eigenvalue weighted by Gasteiger charge is -2.33. The molecule has 2 aliphatic rings. The summed E-state index contributed by atoms with van der Waals surface area (Å²) in [5, 5.41) is 3.64. The van der Waals surface area contributed by atoms with Crippen molar-refractivity contribution in [3.8, 4) is 0 Å². The number of piperidine rings is 1. The standard InChI is InChI=1S/C20H26N4/c1-15-4-2-5-16(12-15)13-24-11-3-6-18(14-24)22-19-9-10-21-20(23-19)17-7-8-17/h2,4-5,9-10,12,17-18H,3,6-8,11,13-14H2,1H3,(H,21,22,23). The predicted octanol–water partition coefficient (Wildman–Crippen LogP) is 3.74. The molecular weight excluding hydrogens is 296 g/mol. The number of aromatic nitrogens is 2. The molecule has 4 nitrogen and oxygen atoms in total. The number of hydrogen-bond donors (Lipinski definition) is 1. The molecule has 4 rings (SSSR count). The molecule has 1 unspecified atom stereocenters. The quantitative estimate of drug-likeness (QED) is 0.910. The van der Waals surface area contributed by atoms with Crippen molar-refractivity contribution in [2.45, 2.75) is 51.1 Å². The Balaban J connectivity index is 1.37. The summed E-state index contributed by atoms with van der Waals surface area (Å²) in [6, 6.07) is 11.3. The smallest absolute Gasteiger partial charge is 0.133 e. The molecule has 0 amide bonds. The third-order valence-corrected chi connectivity index (χ3v) is 4.96. The molecule has 1 atom stereocenters. The van der Waals surface area contributed by atoms with Crippen LogP contribution in [0.3, 0.4) is 0 Å². The molecule has 126 valence electrons. The van der Waals surface area contributed by atoms with E-state index in [1.165, 1.54) is 43.4 Å². The summed E-state index contributed by atoms with van der Waals surface area (Å²) in [6.45, 7) is 5.47. The van der Waals surface area contributed by atoms with Crippen LogP contribution in [0.4, 0.5) is 5.82 Å². The Morgan fingerprint density at radius 2 is 2.12 bits per heavy atom. The Bertz CT molecular complexity index is 696. The molecule has 2 aromatic rings. The molecule has 4 heteroatoms. The number of nitrogens with one attached hydrogen (secondary N) is 1. The number of aryl methyl sites for hydroxylation is 1. The highest BCUT2D eigenvalue weighted by Crippen LogP contribution is 2.38. The number of nitrogens with zero attached hydrogens (tertiary/aromatic N) is 3. The number of hydrogen-bond acceptors (Lipinski definition) is 4. The molecule has 1 saturated heterocycles. The molecule has 2 fully saturated rings. The average molecular weight is 322 g/mol. The van der Waals surface area contributed by atoms with Gasteiger partial charge in [-0.1, -0.05) is 29.8 Å². The lowest BCUT2D eigenvalue weighted by Crippen LogP contribution is -2.41. The van der Waals surface area contributed by atoms with Crippen molar-refractivity contribution < 1.29 is 0 Å². The van der Waals surface area contributed by atoms with Crippen molar-refractivity contribution in [1.29, 1.82) is 0 Å². The van der Waals surface area contributed by atoms with Gasteiger partial charge in [0.1, 0.15) is 11.6 Å². The normalized spacial score (nSPS) is 21.6. The summed E-state index contributed by atoms with van der Waals surface area (Å²) >= 11 is 0. The molecule has 0 spiro atoms. The minimum absolute atomic E-state index is 0.477. The summed E-state index contributed by atoms with van der Waals surface area (Å²) in [4.78, 5) is 11.7. The highest BCUT2D eigenvalue weighted by molar-refractivity contribution is 5.35. The van der Waals surface area contributed by atoms with Crippen LogP contribution in [0.25, 0.3) is 0 Å². The van der Waals surface area contributed by atoms with Crippen molar-refractivity contribution in [2.75, 3.05) is 18.4 Å². The Kier molecular flexibility index (Phi) is 4.48. The van der Waals surface area contributed by atoms with E-state index in [9.17, 15) is 0 Å². The maximum atomic E-state index is 4.71. The van der Waals surface area contributed by atoms with E-state index >= 15 is 0 Å². The van der Waals surface area contributed by atoms with Crippen LogP contribution in [0, 0.1) is 6.92 Å². The van der Waals surface area contributed by atoms with Gasteiger partial charge in [0.2, 0.25) is 0 Å². The average Bonchev–Trinajstić information content (AvgIpc) is 3.40.